The Balaban J connectivity index is 1.38. The molecule has 0 aliphatic carbocycles. The molecule has 3 nitrogen and oxygen atoms in total. The number of rotatable bonds is 7. The second-order valence-corrected chi connectivity index (χ2v) is 7.54. The first-order valence-electron chi connectivity index (χ1n) is 10.5. The normalized spacial score (nSPS) is 13.3. The minimum atomic E-state index is -0.179. The summed E-state index contributed by atoms with van der Waals surface area (Å²) in [5, 5.41) is 0. The Morgan fingerprint density at radius 2 is 1.50 bits per heavy atom. The van der Waals surface area contributed by atoms with Gasteiger partial charge in [0.2, 0.25) is 0 Å². The van der Waals surface area contributed by atoms with Crippen LogP contribution >= 0.6 is 0 Å². The lowest BCUT2D eigenvalue weighted by molar-refractivity contribution is 0.0652. The lowest BCUT2D eigenvalue weighted by atomic mass is 10.0. The van der Waals surface area contributed by atoms with E-state index in [1.807, 2.05) is 0 Å². The third-order valence-electron chi connectivity index (χ3n) is 5.57. The smallest absolute Gasteiger partial charge is 0.261 e. The van der Waals surface area contributed by atoms with Crippen molar-refractivity contribution in [1.82, 2.24) is 4.90 Å². The van der Waals surface area contributed by atoms with E-state index in [-0.39, 0.29) is 11.8 Å². The van der Waals surface area contributed by atoms with Crippen molar-refractivity contribution in [3.05, 3.63) is 106 Å². The van der Waals surface area contributed by atoms with Crippen LogP contribution in [0.2, 0.25) is 0 Å². The molecule has 0 spiro atoms. The summed E-state index contributed by atoms with van der Waals surface area (Å²) in [5.41, 5.74) is 5.97. The molecule has 0 fully saturated rings. The van der Waals surface area contributed by atoms with Gasteiger partial charge in [-0.2, -0.15) is 0 Å². The predicted octanol–water partition coefficient (Wildman–Crippen LogP) is 5.65. The van der Waals surface area contributed by atoms with Crippen LogP contribution in [0.15, 0.2) is 72.8 Å². The molecule has 0 saturated carbocycles. The molecule has 0 N–H and O–H groups in total. The molecule has 3 heteroatoms. The molecule has 0 atom stereocenters. The number of fused-ring (bicyclic) bond motifs is 1. The van der Waals surface area contributed by atoms with Gasteiger partial charge in [-0.05, 0) is 53.6 Å². The van der Waals surface area contributed by atoms with Crippen molar-refractivity contribution in [2.75, 3.05) is 6.54 Å². The van der Waals surface area contributed by atoms with Crippen molar-refractivity contribution >= 4 is 24.0 Å². The van der Waals surface area contributed by atoms with E-state index >= 15 is 0 Å². The van der Waals surface area contributed by atoms with E-state index in [2.05, 4.69) is 67.6 Å². The average molecular weight is 396 g/mol. The second kappa shape index (κ2) is 8.91. The summed E-state index contributed by atoms with van der Waals surface area (Å²) in [4.78, 5) is 26.3. The molecule has 0 aromatic heterocycles. The molecule has 1 aliphatic rings. The van der Waals surface area contributed by atoms with Crippen molar-refractivity contribution in [2.24, 2.45) is 0 Å². The summed E-state index contributed by atoms with van der Waals surface area (Å²) < 4.78 is 0. The molecule has 0 bridgehead atoms. The molecule has 30 heavy (non-hydrogen) atoms. The summed E-state index contributed by atoms with van der Waals surface area (Å²) in [5.74, 6) is -0.358. The number of hydrogen-bond donors (Lipinski definition) is 0. The Hall–Kier alpha value is -3.46. The fraction of sp³-hybridized carbons (Fsp3) is 0.185. The number of aryl methyl sites for hydroxylation is 2. The third-order valence-corrected chi connectivity index (χ3v) is 5.57. The SMILES string of the molecule is CCc1ccccc1C=Cc1cccc(CCCN2C(=O)c3ccccc3C2=O)c1. The van der Waals surface area contributed by atoms with E-state index in [0.29, 0.717) is 17.7 Å². The van der Waals surface area contributed by atoms with Crippen LogP contribution in [0, 0.1) is 0 Å². The highest BCUT2D eigenvalue weighted by Crippen LogP contribution is 2.23. The largest absolute Gasteiger partial charge is 0.274 e. The van der Waals surface area contributed by atoms with Crippen LogP contribution in [0.1, 0.15) is 56.3 Å². The monoisotopic (exact) mass is 395 g/mol. The number of nitrogens with zero attached hydrogens (tertiary/aromatic N) is 1. The van der Waals surface area contributed by atoms with Gasteiger partial charge < -0.3 is 0 Å². The van der Waals surface area contributed by atoms with Crippen molar-refractivity contribution in [3.63, 3.8) is 0 Å². The minimum Gasteiger partial charge on any atom is -0.274 e. The molecule has 1 aliphatic heterocycles. The van der Waals surface area contributed by atoms with Gasteiger partial charge in [0.1, 0.15) is 0 Å². The number of carbonyl (C=O) groups is 2. The van der Waals surface area contributed by atoms with Gasteiger partial charge in [0.25, 0.3) is 11.8 Å². The van der Waals surface area contributed by atoms with Crippen LogP contribution in [-0.2, 0) is 12.8 Å². The number of benzene rings is 3. The van der Waals surface area contributed by atoms with Gasteiger partial charge in [0.15, 0.2) is 0 Å². The summed E-state index contributed by atoms with van der Waals surface area (Å²) in [6.07, 6.45) is 6.88. The molecule has 2 amide bonds. The molecule has 3 aromatic carbocycles. The summed E-state index contributed by atoms with van der Waals surface area (Å²) in [6.45, 7) is 2.61. The van der Waals surface area contributed by atoms with Crippen LogP contribution in [0.3, 0.4) is 0 Å². The standard InChI is InChI=1S/C27H25NO2/c1-2-22-12-3-4-13-23(22)17-16-21-10-7-9-20(19-21)11-8-18-28-26(29)24-14-5-6-15-25(24)27(28)30/h3-7,9-10,12-17,19H,2,8,11,18H2,1H3. The first-order valence-corrected chi connectivity index (χ1v) is 10.5. The predicted molar refractivity (Wildman–Crippen MR) is 121 cm³/mol. The molecule has 0 saturated heterocycles. The van der Waals surface area contributed by atoms with E-state index in [4.69, 9.17) is 0 Å². The maximum atomic E-state index is 12.5. The lowest BCUT2D eigenvalue weighted by Crippen LogP contribution is -2.30. The molecular formula is C27H25NO2. The zero-order valence-corrected chi connectivity index (χ0v) is 17.2. The number of hydrogen-bond acceptors (Lipinski definition) is 2. The second-order valence-electron chi connectivity index (χ2n) is 7.54. The zero-order valence-electron chi connectivity index (χ0n) is 17.2. The van der Waals surface area contributed by atoms with E-state index in [1.54, 1.807) is 24.3 Å². The molecule has 1 heterocycles. The Kier molecular flexibility index (Phi) is 5.89. The summed E-state index contributed by atoms with van der Waals surface area (Å²) in [6, 6.07) is 23.9. The van der Waals surface area contributed by atoms with Gasteiger partial charge in [0.05, 0.1) is 11.1 Å². The van der Waals surface area contributed by atoms with Crippen LogP contribution in [-0.4, -0.2) is 23.3 Å². The maximum absolute atomic E-state index is 12.5. The van der Waals surface area contributed by atoms with Crippen molar-refractivity contribution < 1.29 is 9.59 Å². The van der Waals surface area contributed by atoms with Crippen LogP contribution in [0.4, 0.5) is 0 Å². The van der Waals surface area contributed by atoms with E-state index in [0.717, 1.165) is 24.8 Å². The van der Waals surface area contributed by atoms with Crippen molar-refractivity contribution in [2.45, 2.75) is 26.2 Å². The van der Waals surface area contributed by atoms with E-state index in [9.17, 15) is 9.59 Å². The molecule has 150 valence electrons. The number of carbonyl (C=O) groups excluding carboxylic acids is 2. The fourth-order valence-corrected chi connectivity index (χ4v) is 3.94. The molecule has 0 radical (unpaired) electrons. The first kappa shape index (κ1) is 19.8. The van der Waals surface area contributed by atoms with Crippen LogP contribution in [0.25, 0.3) is 12.2 Å². The number of imide groups is 1. The van der Waals surface area contributed by atoms with Gasteiger partial charge in [-0.25, -0.2) is 0 Å². The summed E-state index contributed by atoms with van der Waals surface area (Å²) >= 11 is 0. The van der Waals surface area contributed by atoms with Gasteiger partial charge in [-0.15, -0.1) is 0 Å². The molecule has 4 rings (SSSR count). The highest BCUT2D eigenvalue weighted by Gasteiger charge is 2.34. The lowest BCUT2D eigenvalue weighted by Gasteiger charge is -2.13. The summed E-state index contributed by atoms with van der Waals surface area (Å²) in [7, 11) is 0. The van der Waals surface area contributed by atoms with E-state index < -0.39 is 0 Å². The Labute approximate surface area is 177 Å². The third kappa shape index (κ3) is 4.11. The average Bonchev–Trinajstić information content (AvgIpc) is 3.03. The maximum Gasteiger partial charge on any atom is 0.261 e. The van der Waals surface area contributed by atoms with Crippen LogP contribution in [0.5, 0.6) is 0 Å². The van der Waals surface area contributed by atoms with Gasteiger partial charge in [-0.3, -0.25) is 14.5 Å². The molecule has 0 unspecified atom stereocenters. The quantitative estimate of drug-likeness (QED) is 0.383. The highest BCUT2D eigenvalue weighted by molar-refractivity contribution is 6.21. The Morgan fingerprint density at radius 3 is 2.23 bits per heavy atom. The fourth-order valence-electron chi connectivity index (χ4n) is 3.94. The Morgan fingerprint density at radius 1 is 0.800 bits per heavy atom. The number of amides is 2. The van der Waals surface area contributed by atoms with Crippen molar-refractivity contribution in [1.29, 1.82) is 0 Å². The molecule has 3 aromatic rings. The van der Waals surface area contributed by atoms with Crippen LogP contribution < -0.4 is 0 Å². The Bertz CT molecular complexity index is 1080. The first-order chi connectivity index (χ1) is 14.7. The molecular weight excluding hydrogens is 370 g/mol. The van der Waals surface area contributed by atoms with Gasteiger partial charge in [0, 0.05) is 6.54 Å². The van der Waals surface area contributed by atoms with Crippen molar-refractivity contribution in [3.8, 4) is 0 Å². The minimum absolute atomic E-state index is 0.179. The van der Waals surface area contributed by atoms with E-state index in [1.165, 1.54) is 21.6 Å². The zero-order chi connectivity index (χ0) is 20.9. The topological polar surface area (TPSA) is 37.4 Å². The highest BCUT2D eigenvalue weighted by atomic mass is 16.2. The van der Waals surface area contributed by atoms with Gasteiger partial charge >= 0.3 is 0 Å². The van der Waals surface area contributed by atoms with Gasteiger partial charge in [-0.1, -0.05) is 79.7 Å².